The van der Waals surface area contributed by atoms with Gasteiger partial charge in [-0.25, -0.2) is 8.42 Å². The van der Waals surface area contributed by atoms with Crippen molar-refractivity contribution < 1.29 is 13.2 Å². The Bertz CT molecular complexity index is 337. The van der Waals surface area contributed by atoms with Crippen molar-refractivity contribution in [2.45, 2.75) is 0 Å². The van der Waals surface area contributed by atoms with E-state index in [0.29, 0.717) is 5.56 Å². The Morgan fingerprint density at radius 1 is 1.17 bits per heavy atom. The van der Waals surface area contributed by atoms with Gasteiger partial charge < -0.3 is 0 Å². The number of hydrogen-bond acceptors (Lipinski definition) is 3. The van der Waals surface area contributed by atoms with Gasteiger partial charge in [0.2, 0.25) is 10.9 Å². The first-order valence-electron chi connectivity index (χ1n) is 3.20. The summed E-state index contributed by atoms with van der Waals surface area (Å²) in [7, 11) is -2.86. The molecule has 0 spiro atoms. The minimum atomic E-state index is -2.86. The van der Waals surface area contributed by atoms with E-state index in [9.17, 15) is 13.2 Å². The van der Waals surface area contributed by atoms with E-state index in [0.717, 1.165) is 0 Å². The van der Waals surface area contributed by atoms with Gasteiger partial charge in [0.25, 0.3) is 5.91 Å². The molecule has 4 nitrogen and oxygen atoms in total. The van der Waals surface area contributed by atoms with Crippen LogP contribution in [-0.4, -0.2) is 14.3 Å². The van der Waals surface area contributed by atoms with E-state index in [-0.39, 0.29) is 0 Å². The molecule has 0 heterocycles. The van der Waals surface area contributed by atoms with E-state index in [1.54, 1.807) is 22.9 Å². The van der Waals surface area contributed by atoms with Crippen molar-refractivity contribution in [1.29, 1.82) is 0 Å². The molecule has 64 valence electrons. The third kappa shape index (κ3) is 2.35. The number of carbonyl (C=O) groups is 1. The van der Waals surface area contributed by atoms with Crippen LogP contribution in [0.3, 0.4) is 0 Å². The predicted molar refractivity (Wildman–Crippen MR) is 44.2 cm³/mol. The van der Waals surface area contributed by atoms with Crippen molar-refractivity contribution in [3.8, 4) is 0 Å². The molecule has 1 aromatic rings. The average Bonchev–Trinajstić information content (AvgIpc) is 2.05. The number of rotatable bonds is 2. The van der Waals surface area contributed by atoms with Crippen LogP contribution in [-0.2, 0) is 10.9 Å². The normalized spacial score (nSPS) is 9.75. The van der Waals surface area contributed by atoms with Gasteiger partial charge in [0.1, 0.15) is 0 Å². The molecule has 1 N–H and O–H groups in total. The molecule has 0 aromatic heterocycles. The largest absolute Gasteiger partial charge is 0.268 e. The molecule has 1 aromatic carbocycles. The molecule has 0 aliphatic heterocycles. The van der Waals surface area contributed by atoms with Gasteiger partial charge in [-0.2, -0.15) is 0 Å². The predicted octanol–water partition coefficient (Wildman–Crippen LogP) is -0.0572. The van der Waals surface area contributed by atoms with Crippen LogP contribution in [0, 0.1) is 0 Å². The minimum Gasteiger partial charge on any atom is -0.268 e. The van der Waals surface area contributed by atoms with E-state index < -0.39 is 16.8 Å². The molecule has 0 saturated heterocycles. The van der Waals surface area contributed by atoms with Gasteiger partial charge in [0, 0.05) is 5.56 Å². The summed E-state index contributed by atoms with van der Waals surface area (Å²) >= 11 is 0. The van der Waals surface area contributed by atoms with Crippen LogP contribution in [0.15, 0.2) is 30.3 Å². The van der Waals surface area contributed by atoms with E-state index in [1.165, 1.54) is 12.1 Å². The van der Waals surface area contributed by atoms with Crippen molar-refractivity contribution >= 4 is 16.8 Å². The Hall–Kier alpha value is -1.36. The quantitative estimate of drug-likeness (QED) is 0.634. The highest BCUT2D eigenvalue weighted by Gasteiger charge is 2.02. The molecule has 0 atom stereocenters. The van der Waals surface area contributed by atoms with Crippen LogP contribution in [0.2, 0.25) is 0 Å². The summed E-state index contributed by atoms with van der Waals surface area (Å²) < 4.78 is 22.0. The van der Waals surface area contributed by atoms with Gasteiger partial charge in [0.15, 0.2) is 0 Å². The lowest BCUT2D eigenvalue weighted by molar-refractivity contribution is 0.0982. The molecule has 0 unspecified atom stereocenters. The van der Waals surface area contributed by atoms with Crippen LogP contribution in [0.25, 0.3) is 0 Å². The van der Waals surface area contributed by atoms with Crippen LogP contribution in [0.5, 0.6) is 0 Å². The van der Waals surface area contributed by atoms with Gasteiger partial charge in [-0.15, -0.1) is 0 Å². The highest BCUT2D eigenvalue weighted by atomic mass is 32.2. The molecule has 12 heavy (non-hydrogen) atoms. The van der Waals surface area contributed by atoms with Gasteiger partial charge in [-0.1, -0.05) is 18.2 Å². The number of carbonyl (C=O) groups excluding carboxylic acids is 1. The second-order valence-electron chi connectivity index (χ2n) is 2.06. The summed E-state index contributed by atoms with van der Waals surface area (Å²) in [6.07, 6.45) is 0. The summed E-state index contributed by atoms with van der Waals surface area (Å²) in [4.78, 5) is 11.0. The number of benzene rings is 1. The van der Waals surface area contributed by atoms with E-state index in [1.807, 2.05) is 0 Å². The van der Waals surface area contributed by atoms with Gasteiger partial charge in [-0.05, 0) is 12.1 Å². The first kappa shape index (κ1) is 8.73. The maximum Gasteiger partial charge on any atom is 0.264 e. The summed E-state index contributed by atoms with van der Waals surface area (Å²) in [5.74, 6) is -0.605. The lowest BCUT2D eigenvalue weighted by Crippen LogP contribution is -2.20. The maximum atomic E-state index is 11.0. The Labute approximate surface area is 71.3 Å². The summed E-state index contributed by atoms with van der Waals surface area (Å²) in [6.45, 7) is 0. The standard InChI is InChI=1S/C7H7NO3S/c9-7(8-12(10)11)6-4-2-1-3-5-6/h1-5,12H,(H,8,9,10,11). The molecule has 1 amide bonds. The highest BCUT2D eigenvalue weighted by molar-refractivity contribution is 7.71. The summed E-state index contributed by atoms with van der Waals surface area (Å²) in [5.41, 5.74) is 0.330. The number of hydrogen-bond donors (Lipinski definition) is 2. The number of amides is 1. The summed E-state index contributed by atoms with van der Waals surface area (Å²) in [6, 6.07) is 8.13. The molecule has 0 fully saturated rings. The first-order valence-corrected chi connectivity index (χ1v) is 4.38. The van der Waals surface area contributed by atoms with E-state index in [4.69, 9.17) is 0 Å². The van der Waals surface area contributed by atoms with Crippen LogP contribution in [0.1, 0.15) is 10.4 Å². The smallest absolute Gasteiger partial charge is 0.264 e. The van der Waals surface area contributed by atoms with Crippen molar-refractivity contribution in [3.63, 3.8) is 0 Å². The highest BCUT2D eigenvalue weighted by Crippen LogP contribution is 1.96. The van der Waals surface area contributed by atoms with Crippen molar-refractivity contribution in [2.24, 2.45) is 0 Å². The second kappa shape index (κ2) is 3.87. The molecule has 1 rings (SSSR count). The molecule has 0 aliphatic rings. The number of nitrogens with one attached hydrogen (secondary N) is 1. The van der Waals surface area contributed by atoms with Crippen molar-refractivity contribution in [1.82, 2.24) is 4.72 Å². The minimum absolute atomic E-state index is 0.330. The molecule has 5 heteroatoms. The first-order chi connectivity index (χ1) is 5.70. The Balaban J connectivity index is 2.79. The molecular weight excluding hydrogens is 178 g/mol. The second-order valence-corrected chi connectivity index (χ2v) is 2.80. The zero-order valence-corrected chi connectivity index (χ0v) is 6.95. The van der Waals surface area contributed by atoms with Gasteiger partial charge in [0.05, 0.1) is 0 Å². The molecule has 0 saturated carbocycles. The maximum absolute atomic E-state index is 11.0. The topological polar surface area (TPSA) is 63.2 Å². The van der Waals surface area contributed by atoms with Crippen molar-refractivity contribution in [2.75, 3.05) is 0 Å². The Morgan fingerprint density at radius 2 is 1.75 bits per heavy atom. The fraction of sp³-hybridized carbons (Fsp3) is 0. The fourth-order valence-electron chi connectivity index (χ4n) is 0.737. The third-order valence-corrected chi connectivity index (χ3v) is 1.61. The van der Waals surface area contributed by atoms with E-state index >= 15 is 0 Å². The Kier molecular flexibility index (Phi) is 2.82. The number of thiol groups is 1. The van der Waals surface area contributed by atoms with Crippen LogP contribution in [0.4, 0.5) is 0 Å². The van der Waals surface area contributed by atoms with Gasteiger partial charge in [-0.3, -0.25) is 9.52 Å². The lowest BCUT2D eigenvalue weighted by atomic mass is 10.2. The van der Waals surface area contributed by atoms with Gasteiger partial charge >= 0.3 is 0 Å². The van der Waals surface area contributed by atoms with Crippen LogP contribution < -0.4 is 4.72 Å². The van der Waals surface area contributed by atoms with Crippen molar-refractivity contribution in [3.05, 3.63) is 35.9 Å². The lowest BCUT2D eigenvalue weighted by Gasteiger charge is -1.95. The van der Waals surface area contributed by atoms with Crippen LogP contribution >= 0.6 is 0 Å². The van der Waals surface area contributed by atoms with E-state index in [2.05, 4.69) is 0 Å². The third-order valence-electron chi connectivity index (χ3n) is 1.23. The summed E-state index contributed by atoms with van der Waals surface area (Å²) in [5, 5.41) is 0. The monoisotopic (exact) mass is 185 g/mol. The Morgan fingerprint density at radius 3 is 2.25 bits per heavy atom. The fourth-order valence-corrected chi connectivity index (χ4v) is 1.03. The zero-order valence-electron chi connectivity index (χ0n) is 6.06. The zero-order chi connectivity index (χ0) is 8.97. The molecular formula is C7H7NO3S. The molecule has 0 radical (unpaired) electrons. The average molecular weight is 185 g/mol. The molecule has 0 bridgehead atoms. The SMILES string of the molecule is O=C(N[SH](=O)=O)c1ccccc1. The molecule has 0 aliphatic carbocycles.